The van der Waals surface area contributed by atoms with Crippen molar-refractivity contribution in [3.8, 4) is 0 Å². The number of hydrogen-bond acceptors (Lipinski definition) is 4. The lowest BCUT2D eigenvalue weighted by Crippen LogP contribution is -2.47. The van der Waals surface area contributed by atoms with Crippen LogP contribution in [-0.2, 0) is 14.8 Å². The molecule has 0 bridgehead atoms. The van der Waals surface area contributed by atoms with Crippen LogP contribution in [0.25, 0.3) is 0 Å². The average Bonchev–Trinajstić information content (AvgIpc) is 2.52. The predicted molar refractivity (Wildman–Crippen MR) is 44.2 cm³/mol. The molecule has 0 spiro atoms. The minimum Gasteiger partial charge on any atom is -0.548 e. The number of carbonyl (C=O) groups excluding carboxylic acids is 1. The van der Waals surface area contributed by atoms with Crippen molar-refractivity contribution in [3.05, 3.63) is 0 Å². The summed E-state index contributed by atoms with van der Waals surface area (Å²) in [4.78, 5) is 10.6. The highest BCUT2D eigenvalue weighted by molar-refractivity contribution is 7.89. The van der Waals surface area contributed by atoms with E-state index in [1.54, 1.807) is 0 Å². The zero-order valence-electron chi connectivity index (χ0n) is 7.39. The maximum Gasteiger partial charge on any atom is 0.214 e. The van der Waals surface area contributed by atoms with E-state index in [0.29, 0.717) is 19.4 Å². The third-order valence-corrected chi connectivity index (χ3v) is 4.08. The highest BCUT2D eigenvalue weighted by Crippen LogP contribution is 2.20. The summed E-state index contributed by atoms with van der Waals surface area (Å²) in [7, 11) is -3.38. The molecule has 6 heteroatoms. The Bertz CT molecular complexity index is 298. The molecule has 0 aromatic rings. The Balaban J connectivity index is 2.86. The van der Waals surface area contributed by atoms with Gasteiger partial charge in [-0.1, -0.05) is 0 Å². The van der Waals surface area contributed by atoms with Gasteiger partial charge >= 0.3 is 0 Å². The van der Waals surface area contributed by atoms with Gasteiger partial charge < -0.3 is 9.90 Å². The Morgan fingerprint density at radius 3 is 2.69 bits per heavy atom. The molecule has 1 aliphatic heterocycles. The molecular weight excluding hydrogens is 194 g/mol. The van der Waals surface area contributed by atoms with Crippen molar-refractivity contribution < 1.29 is 18.3 Å². The fraction of sp³-hybridized carbons (Fsp3) is 0.857. The predicted octanol–water partition coefficient (Wildman–Crippen LogP) is -1.45. The largest absolute Gasteiger partial charge is 0.548 e. The van der Waals surface area contributed by atoms with E-state index in [2.05, 4.69) is 0 Å². The summed E-state index contributed by atoms with van der Waals surface area (Å²) >= 11 is 0. The molecule has 0 aromatic carbocycles. The lowest BCUT2D eigenvalue weighted by atomic mass is 10.2. The zero-order valence-corrected chi connectivity index (χ0v) is 8.21. The molecule has 5 nitrogen and oxygen atoms in total. The Hall–Kier alpha value is -0.620. The summed E-state index contributed by atoms with van der Waals surface area (Å²) in [5, 5.41) is 10.6. The van der Waals surface area contributed by atoms with Gasteiger partial charge in [0.05, 0.1) is 17.8 Å². The third kappa shape index (κ3) is 2.00. The first-order valence-corrected chi connectivity index (χ1v) is 5.80. The van der Waals surface area contributed by atoms with Gasteiger partial charge in [0.1, 0.15) is 0 Å². The summed E-state index contributed by atoms with van der Waals surface area (Å²) in [5.41, 5.74) is 0. The second-order valence-corrected chi connectivity index (χ2v) is 5.20. The number of nitrogens with zero attached hydrogens (tertiary/aromatic N) is 1. The summed E-state index contributed by atoms with van der Waals surface area (Å²) in [6.07, 6.45) is 0.958. The molecule has 1 saturated heterocycles. The molecule has 13 heavy (non-hydrogen) atoms. The van der Waals surface area contributed by atoms with Crippen LogP contribution >= 0.6 is 0 Å². The lowest BCUT2D eigenvalue weighted by Gasteiger charge is -2.23. The highest BCUT2D eigenvalue weighted by Gasteiger charge is 2.33. The van der Waals surface area contributed by atoms with Crippen molar-refractivity contribution in [2.24, 2.45) is 0 Å². The second kappa shape index (κ2) is 3.63. The van der Waals surface area contributed by atoms with E-state index in [1.165, 1.54) is 6.92 Å². The van der Waals surface area contributed by atoms with Crippen molar-refractivity contribution in [2.75, 3.05) is 12.3 Å². The van der Waals surface area contributed by atoms with E-state index in [-0.39, 0.29) is 5.75 Å². The molecule has 76 valence electrons. The smallest absolute Gasteiger partial charge is 0.214 e. The van der Waals surface area contributed by atoms with Crippen molar-refractivity contribution >= 4 is 16.0 Å². The van der Waals surface area contributed by atoms with Crippen molar-refractivity contribution in [3.63, 3.8) is 0 Å². The number of carboxylic acid groups (broad SMARTS) is 1. The molecule has 0 amide bonds. The molecule has 0 radical (unpaired) electrons. The maximum absolute atomic E-state index is 11.4. The van der Waals surface area contributed by atoms with E-state index < -0.39 is 22.0 Å². The number of carboxylic acids is 1. The van der Waals surface area contributed by atoms with Crippen LogP contribution in [0.2, 0.25) is 0 Å². The molecule has 1 aliphatic rings. The molecule has 0 unspecified atom stereocenters. The molecular formula is C7H12NO4S-. The number of aliphatic carboxylic acids is 1. The topological polar surface area (TPSA) is 77.5 Å². The quantitative estimate of drug-likeness (QED) is 0.566. The van der Waals surface area contributed by atoms with Crippen LogP contribution in [0.15, 0.2) is 0 Å². The number of sulfonamides is 1. The summed E-state index contributed by atoms with van der Waals surface area (Å²) in [5.74, 6) is -1.36. The van der Waals surface area contributed by atoms with Gasteiger partial charge in [-0.15, -0.1) is 0 Å². The van der Waals surface area contributed by atoms with Gasteiger partial charge in [0.25, 0.3) is 0 Å². The first-order chi connectivity index (χ1) is 5.99. The molecule has 0 aliphatic carbocycles. The Morgan fingerprint density at radius 1 is 1.62 bits per heavy atom. The van der Waals surface area contributed by atoms with Gasteiger partial charge in [-0.25, -0.2) is 8.42 Å². The second-order valence-electron chi connectivity index (χ2n) is 2.99. The van der Waals surface area contributed by atoms with E-state index in [9.17, 15) is 18.3 Å². The fourth-order valence-electron chi connectivity index (χ4n) is 1.47. The molecule has 1 rings (SSSR count). The van der Waals surface area contributed by atoms with Crippen LogP contribution in [0.4, 0.5) is 0 Å². The maximum atomic E-state index is 11.4. The summed E-state index contributed by atoms with van der Waals surface area (Å²) in [6, 6.07) is -0.954. The summed E-state index contributed by atoms with van der Waals surface area (Å²) < 4.78 is 23.7. The zero-order chi connectivity index (χ0) is 10.1. The molecule has 0 N–H and O–H groups in total. The Labute approximate surface area is 77.4 Å². The SMILES string of the molecule is CCS(=O)(=O)N1CCC[C@@H]1C(=O)[O-]. The van der Waals surface area contributed by atoms with Crippen LogP contribution in [0.1, 0.15) is 19.8 Å². The first-order valence-electron chi connectivity index (χ1n) is 4.19. The van der Waals surface area contributed by atoms with Gasteiger partial charge in [-0.2, -0.15) is 4.31 Å². The molecule has 1 heterocycles. The lowest BCUT2D eigenvalue weighted by molar-refractivity contribution is -0.309. The van der Waals surface area contributed by atoms with Crippen LogP contribution < -0.4 is 5.11 Å². The van der Waals surface area contributed by atoms with E-state index in [4.69, 9.17) is 0 Å². The van der Waals surface area contributed by atoms with E-state index in [0.717, 1.165) is 4.31 Å². The molecule has 1 fully saturated rings. The van der Waals surface area contributed by atoms with Gasteiger partial charge in [0.15, 0.2) is 0 Å². The van der Waals surface area contributed by atoms with E-state index in [1.807, 2.05) is 0 Å². The Morgan fingerprint density at radius 2 is 2.23 bits per heavy atom. The van der Waals surface area contributed by atoms with Crippen LogP contribution in [0, 0.1) is 0 Å². The fourth-order valence-corrected chi connectivity index (χ4v) is 2.79. The van der Waals surface area contributed by atoms with Gasteiger partial charge in [-0.3, -0.25) is 0 Å². The number of hydrogen-bond donors (Lipinski definition) is 0. The van der Waals surface area contributed by atoms with Crippen LogP contribution in [0.3, 0.4) is 0 Å². The Kier molecular flexibility index (Phi) is 2.92. The van der Waals surface area contributed by atoms with Gasteiger partial charge in [-0.05, 0) is 19.8 Å². The first kappa shape index (κ1) is 10.5. The normalized spacial score (nSPS) is 24.8. The number of rotatable bonds is 3. The van der Waals surface area contributed by atoms with Gasteiger partial charge in [0.2, 0.25) is 10.0 Å². The highest BCUT2D eigenvalue weighted by atomic mass is 32.2. The van der Waals surface area contributed by atoms with E-state index >= 15 is 0 Å². The average molecular weight is 206 g/mol. The van der Waals surface area contributed by atoms with Gasteiger partial charge in [0, 0.05) is 6.54 Å². The number of carbonyl (C=O) groups is 1. The van der Waals surface area contributed by atoms with Crippen molar-refractivity contribution in [2.45, 2.75) is 25.8 Å². The van der Waals surface area contributed by atoms with Crippen LogP contribution in [0.5, 0.6) is 0 Å². The molecule has 1 atom stereocenters. The molecule has 0 aromatic heterocycles. The summed E-state index contributed by atoms with van der Waals surface area (Å²) in [6.45, 7) is 1.80. The van der Waals surface area contributed by atoms with Crippen molar-refractivity contribution in [1.29, 1.82) is 0 Å². The van der Waals surface area contributed by atoms with Crippen molar-refractivity contribution in [1.82, 2.24) is 4.31 Å². The standard InChI is InChI=1S/C7H13NO4S/c1-2-13(11,12)8-5-3-4-6(8)7(9)10/h6H,2-5H2,1H3,(H,9,10)/p-1/t6-/m1/s1. The van der Waals surface area contributed by atoms with Crippen LogP contribution in [-0.4, -0.2) is 37.0 Å². The third-order valence-electron chi connectivity index (χ3n) is 2.20. The minimum absolute atomic E-state index is 0.0587. The monoisotopic (exact) mass is 206 g/mol. The minimum atomic E-state index is -3.38. The molecule has 0 saturated carbocycles.